The molecular formula is C36H72N3O3P. The van der Waals surface area contributed by atoms with E-state index in [0.717, 1.165) is 58.2 Å². The molecule has 0 aromatic rings. The van der Waals surface area contributed by atoms with Gasteiger partial charge in [0.1, 0.15) is 0 Å². The Bertz CT molecular complexity index is 734. The average molecular weight is 626 g/mol. The maximum absolute atomic E-state index is 7.08. The standard InChI is InChI=1S/C36H72N3O3P/c1-16-19-37-31(4,5)22-28(23-32(37,6)7)40-43(41-29-24-33(8,9)38(20-17-2)34(10,11)25-29)42-30-26-35(12,13)39(21-18-3)36(14,15)27-30/h28-30H,16-27H2,1-15H3. The molecule has 0 spiro atoms. The summed E-state index contributed by atoms with van der Waals surface area (Å²) >= 11 is 0. The van der Waals surface area contributed by atoms with Gasteiger partial charge in [-0.3, -0.25) is 14.7 Å². The van der Waals surface area contributed by atoms with E-state index in [2.05, 4.69) is 119 Å². The molecule has 0 bridgehead atoms. The van der Waals surface area contributed by atoms with Crippen molar-refractivity contribution in [1.82, 2.24) is 14.7 Å². The number of rotatable bonds is 12. The number of likely N-dealkylation sites (tertiary alicyclic amines) is 3. The normalized spacial score (nSPS) is 28.5. The van der Waals surface area contributed by atoms with Crippen molar-refractivity contribution in [3.05, 3.63) is 0 Å². The predicted octanol–water partition coefficient (Wildman–Crippen LogP) is 9.56. The van der Waals surface area contributed by atoms with Gasteiger partial charge in [-0.25, -0.2) is 0 Å². The SMILES string of the molecule is CCCN1C(C)(C)CC(OP(OC2CC(C)(C)N(CCC)C(C)(C)C2)OC2CC(C)(C)N(CCC)C(C)(C)C2)CC1(C)C. The first kappa shape index (κ1) is 37.6. The van der Waals surface area contributed by atoms with Gasteiger partial charge in [0.25, 0.3) is 0 Å². The highest BCUT2D eigenvalue weighted by Crippen LogP contribution is 2.54. The molecule has 3 aliphatic heterocycles. The molecule has 0 aromatic carbocycles. The maximum atomic E-state index is 7.08. The van der Waals surface area contributed by atoms with Crippen molar-refractivity contribution in [1.29, 1.82) is 0 Å². The minimum absolute atomic E-state index is 0.0639. The smallest absolute Gasteiger partial charge is 0.309 e. The third kappa shape index (κ3) is 8.96. The van der Waals surface area contributed by atoms with Gasteiger partial charge in [-0.1, -0.05) is 20.8 Å². The van der Waals surface area contributed by atoms with Crippen molar-refractivity contribution < 1.29 is 13.6 Å². The first-order valence-electron chi connectivity index (χ1n) is 17.7. The fraction of sp³-hybridized carbons (Fsp3) is 1.00. The van der Waals surface area contributed by atoms with Gasteiger partial charge in [-0.05, 0) is 161 Å². The van der Waals surface area contributed by atoms with Gasteiger partial charge >= 0.3 is 8.60 Å². The minimum Gasteiger partial charge on any atom is -0.309 e. The van der Waals surface area contributed by atoms with Crippen LogP contribution in [-0.2, 0) is 13.6 Å². The summed E-state index contributed by atoms with van der Waals surface area (Å²) in [6.07, 6.45) is 9.86. The lowest BCUT2D eigenvalue weighted by Crippen LogP contribution is -2.62. The Balaban J connectivity index is 1.87. The molecule has 7 heteroatoms. The van der Waals surface area contributed by atoms with E-state index >= 15 is 0 Å². The summed E-state index contributed by atoms with van der Waals surface area (Å²) in [5.74, 6) is 0. The quantitative estimate of drug-likeness (QED) is 0.201. The molecule has 3 aliphatic rings. The van der Waals surface area contributed by atoms with E-state index in [4.69, 9.17) is 13.6 Å². The molecule has 0 amide bonds. The van der Waals surface area contributed by atoms with Crippen molar-refractivity contribution in [2.75, 3.05) is 19.6 Å². The molecule has 3 fully saturated rings. The van der Waals surface area contributed by atoms with E-state index in [0.29, 0.717) is 0 Å². The second-order valence-electron chi connectivity index (χ2n) is 18.0. The molecule has 43 heavy (non-hydrogen) atoms. The molecule has 0 atom stereocenters. The largest absolute Gasteiger partial charge is 0.333 e. The Hall–Kier alpha value is 0.190. The van der Waals surface area contributed by atoms with Crippen molar-refractivity contribution in [3.8, 4) is 0 Å². The van der Waals surface area contributed by atoms with Crippen LogP contribution in [-0.4, -0.2) is 85.9 Å². The maximum Gasteiger partial charge on any atom is 0.333 e. The molecule has 3 saturated heterocycles. The third-order valence-electron chi connectivity index (χ3n) is 10.8. The lowest BCUT2D eigenvalue weighted by Gasteiger charge is -2.57. The lowest BCUT2D eigenvalue weighted by molar-refractivity contribution is -0.104. The van der Waals surface area contributed by atoms with Crippen LogP contribution in [0.5, 0.6) is 0 Å². The van der Waals surface area contributed by atoms with Crippen LogP contribution in [0, 0.1) is 0 Å². The monoisotopic (exact) mass is 626 g/mol. The number of hydrogen-bond acceptors (Lipinski definition) is 6. The second-order valence-corrected chi connectivity index (χ2v) is 19.0. The molecule has 0 aromatic heterocycles. The molecule has 3 rings (SSSR count). The zero-order chi connectivity index (χ0) is 32.6. The second kappa shape index (κ2) is 13.7. The topological polar surface area (TPSA) is 37.4 Å². The van der Waals surface area contributed by atoms with Crippen LogP contribution in [0.15, 0.2) is 0 Å². The van der Waals surface area contributed by atoms with E-state index < -0.39 is 8.60 Å². The Kier molecular flexibility index (Phi) is 12.0. The van der Waals surface area contributed by atoms with Gasteiger partial charge in [0.15, 0.2) is 0 Å². The van der Waals surface area contributed by atoms with E-state index in [-0.39, 0.29) is 51.5 Å². The van der Waals surface area contributed by atoms with Gasteiger partial charge in [0.05, 0.1) is 18.3 Å². The van der Waals surface area contributed by atoms with Gasteiger partial charge < -0.3 is 13.6 Å². The fourth-order valence-electron chi connectivity index (χ4n) is 9.83. The molecule has 0 unspecified atom stereocenters. The summed E-state index contributed by atoms with van der Waals surface area (Å²) in [7, 11) is -1.50. The molecule has 254 valence electrons. The van der Waals surface area contributed by atoms with Crippen molar-refractivity contribution >= 4 is 8.60 Å². The number of nitrogens with zero attached hydrogens (tertiary/aromatic N) is 3. The third-order valence-corrected chi connectivity index (χ3v) is 12.2. The molecule has 0 N–H and O–H groups in total. The Morgan fingerprint density at radius 2 is 0.605 bits per heavy atom. The van der Waals surface area contributed by atoms with Crippen LogP contribution in [0.3, 0.4) is 0 Å². The van der Waals surface area contributed by atoms with E-state index in [1.54, 1.807) is 0 Å². The summed E-state index contributed by atoms with van der Waals surface area (Å²) in [6.45, 7) is 39.0. The summed E-state index contributed by atoms with van der Waals surface area (Å²) in [6, 6.07) is 0. The highest BCUT2D eigenvalue weighted by Gasteiger charge is 2.50. The van der Waals surface area contributed by atoms with Gasteiger partial charge in [-0.15, -0.1) is 0 Å². The van der Waals surface area contributed by atoms with E-state index in [1.807, 2.05) is 0 Å². The van der Waals surface area contributed by atoms with Crippen LogP contribution in [0.2, 0.25) is 0 Å². The minimum atomic E-state index is -1.50. The van der Waals surface area contributed by atoms with Crippen molar-refractivity contribution in [2.45, 2.75) is 213 Å². The average Bonchev–Trinajstić information content (AvgIpc) is 2.79. The highest BCUT2D eigenvalue weighted by molar-refractivity contribution is 7.41. The van der Waals surface area contributed by atoms with Crippen LogP contribution in [0.4, 0.5) is 0 Å². The first-order valence-corrected chi connectivity index (χ1v) is 18.8. The summed E-state index contributed by atoms with van der Waals surface area (Å²) < 4.78 is 21.2. The summed E-state index contributed by atoms with van der Waals surface area (Å²) in [5.41, 5.74) is 0.383. The molecular weight excluding hydrogens is 553 g/mol. The molecule has 0 radical (unpaired) electrons. The van der Waals surface area contributed by atoms with Crippen LogP contribution >= 0.6 is 8.60 Å². The van der Waals surface area contributed by atoms with Gasteiger partial charge in [-0.2, -0.15) is 0 Å². The Morgan fingerprint density at radius 1 is 0.419 bits per heavy atom. The molecule has 0 aliphatic carbocycles. The fourth-order valence-corrected chi connectivity index (χ4v) is 11.2. The lowest BCUT2D eigenvalue weighted by atomic mass is 9.78. The molecule has 0 saturated carbocycles. The zero-order valence-corrected chi connectivity index (χ0v) is 32.1. The van der Waals surface area contributed by atoms with Crippen LogP contribution < -0.4 is 0 Å². The van der Waals surface area contributed by atoms with E-state index in [1.165, 1.54) is 19.3 Å². The van der Waals surface area contributed by atoms with Crippen molar-refractivity contribution in [2.24, 2.45) is 0 Å². The van der Waals surface area contributed by atoms with E-state index in [9.17, 15) is 0 Å². The van der Waals surface area contributed by atoms with Crippen LogP contribution in [0.25, 0.3) is 0 Å². The first-order chi connectivity index (χ1) is 19.6. The van der Waals surface area contributed by atoms with Gasteiger partial charge in [0.2, 0.25) is 0 Å². The molecule has 6 nitrogen and oxygen atoms in total. The Morgan fingerprint density at radius 3 is 0.767 bits per heavy atom. The summed E-state index contributed by atoms with van der Waals surface area (Å²) in [5, 5.41) is 0. The zero-order valence-electron chi connectivity index (χ0n) is 31.2. The predicted molar refractivity (Wildman–Crippen MR) is 185 cm³/mol. The van der Waals surface area contributed by atoms with Crippen LogP contribution in [0.1, 0.15) is 162 Å². The summed E-state index contributed by atoms with van der Waals surface area (Å²) in [4.78, 5) is 8.10. The number of piperidine rings is 3. The van der Waals surface area contributed by atoms with Crippen molar-refractivity contribution in [3.63, 3.8) is 0 Å². The van der Waals surface area contributed by atoms with Gasteiger partial charge in [0, 0.05) is 33.2 Å². The highest BCUT2D eigenvalue weighted by atomic mass is 31.2. The number of hydrogen-bond donors (Lipinski definition) is 0. The molecule has 3 heterocycles. The Labute approximate surface area is 269 Å².